The van der Waals surface area contributed by atoms with Crippen molar-refractivity contribution in [1.29, 1.82) is 0 Å². The molecular formula is C29H31ClF3N5O2. The molecule has 1 aliphatic rings. The van der Waals surface area contributed by atoms with Crippen LogP contribution in [0.3, 0.4) is 0 Å². The van der Waals surface area contributed by atoms with E-state index < -0.39 is 34.8 Å². The maximum atomic E-state index is 13.9. The zero-order valence-corrected chi connectivity index (χ0v) is 23.0. The van der Waals surface area contributed by atoms with Crippen molar-refractivity contribution >= 4 is 23.4 Å². The molecule has 11 heteroatoms. The molecule has 0 aliphatic carbocycles. The highest BCUT2D eigenvalue weighted by atomic mass is 35.5. The lowest BCUT2D eigenvalue weighted by Gasteiger charge is -2.30. The molecule has 2 aromatic carbocycles. The van der Waals surface area contributed by atoms with Gasteiger partial charge in [-0.1, -0.05) is 48.0 Å². The topological polar surface area (TPSA) is 87.2 Å². The average molecular weight is 574 g/mol. The first-order valence-corrected chi connectivity index (χ1v) is 13.4. The molecule has 1 aliphatic heterocycles. The van der Waals surface area contributed by atoms with Gasteiger partial charge in [-0.3, -0.25) is 19.6 Å². The lowest BCUT2D eigenvalue weighted by molar-refractivity contribution is -0.138. The van der Waals surface area contributed by atoms with Gasteiger partial charge in [0, 0.05) is 25.6 Å². The number of benzene rings is 2. The molecule has 0 saturated carbocycles. The summed E-state index contributed by atoms with van der Waals surface area (Å²) in [6.45, 7) is 2.11. The number of amides is 2. The Balaban J connectivity index is 1.58. The lowest BCUT2D eigenvalue weighted by Crippen LogP contribution is -2.53. The maximum Gasteiger partial charge on any atom is 0.417 e. The van der Waals surface area contributed by atoms with Gasteiger partial charge in [-0.25, -0.2) is 0 Å². The van der Waals surface area contributed by atoms with E-state index in [1.54, 1.807) is 31.3 Å². The second kappa shape index (κ2) is 12.8. The van der Waals surface area contributed by atoms with E-state index in [4.69, 9.17) is 16.6 Å². The van der Waals surface area contributed by atoms with E-state index >= 15 is 0 Å². The Hall–Kier alpha value is -3.50. The monoisotopic (exact) mass is 573 g/mol. The minimum Gasteiger partial charge on any atom is -0.343 e. The number of alkyl halides is 3. The summed E-state index contributed by atoms with van der Waals surface area (Å²) < 4.78 is 39.6. The van der Waals surface area contributed by atoms with Gasteiger partial charge in [-0.2, -0.15) is 13.2 Å². The Morgan fingerprint density at radius 3 is 2.55 bits per heavy atom. The third kappa shape index (κ3) is 7.17. The van der Waals surface area contributed by atoms with Gasteiger partial charge in [0.2, 0.25) is 11.8 Å². The Morgan fingerprint density at radius 2 is 1.88 bits per heavy atom. The van der Waals surface area contributed by atoms with Crippen LogP contribution < -0.4 is 10.6 Å². The summed E-state index contributed by atoms with van der Waals surface area (Å²) in [6, 6.07) is 11.3. The van der Waals surface area contributed by atoms with Gasteiger partial charge in [0.1, 0.15) is 6.04 Å². The number of halogens is 4. The number of rotatable bonds is 9. The largest absolute Gasteiger partial charge is 0.417 e. The minimum absolute atomic E-state index is 0.0260. The van der Waals surface area contributed by atoms with E-state index in [2.05, 4.69) is 15.6 Å². The van der Waals surface area contributed by atoms with Crippen LogP contribution in [0.25, 0.3) is 0 Å². The minimum atomic E-state index is -4.60. The first-order valence-electron chi connectivity index (χ1n) is 13.0. The van der Waals surface area contributed by atoms with Crippen LogP contribution in [0.15, 0.2) is 60.9 Å². The summed E-state index contributed by atoms with van der Waals surface area (Å²) in [7, 11) is 1.62. The van der Waals surface area contributed by atoms with E-state index in [0.29, 0.717) is 30.6 Å². The molecule has 4 rings (SSSR count). The molecule has 1 fully saturated rings. The van der Waals surface area contributed by atoms with Crippen molar-refractivity contribution in [2.75, 3.05) is 13.6 Å². The molecule has 0 bridgehead atoms. The standard InChI is InChI=1S/C29H31ClF3N5O2/c1-18(34-2)27(39)37-24(15-20-10-11-22(23(30)14-20)29(31,32)33)28(40)38-12-6-9-26(38)25-17-35-16-21(36-25)13-19-7-4-3-5-8-19/h3-5,7-8,10-11,14,16-18,24,26,34H,6,9,12-13,15H2,1-2H3,(H,37,39)/t18-,24-,26+/m0/s1. The van der Waals surface area contributed by atoms with Crippen LogP contribution in [-0.4, -0.2) is 52.4 Å². The summed E-state index contributed by atoms with van der Waals surface area (Å²) in [5, 5.41) is 5.15. The van der Waals surface area contributed by atoms with E-state index in [-0.39, 0.29) is 18.4 Å². The van der Waals surface area contributed by atoms with Crippen molar-refractivity contribution in [3.05, 3.63) is 94.0 Å². The van der Waals surface area contributed by atoms with Crippen molar-refractivity contribution in [1.82, 2.24) is 25.5 Å². The van der Waals surface area contributed by atoms with Crippen molar-refractivity contribution in [2.45, 2.75) is 56.9 Å². The van der Waals surface area contributed by atoms with E-state index in [9.17, 15) is 22.8 Å². The van der Waals surface area contributed by atoms with E-state index in [1.165, 1.54) is 12.1 Å². The van der Waals surface area contributed by atoms with E-state index in [0.717, 1.165) is 23.7 Å². The molecule has 0 radical (unpaired) electrons. The van der Waals surface area contributed by atoms with Gasteiger partial charge in [0.05, 0.1) is 40.3 Å². The van der Waals surface area contributed by atoms with Gasteiger partial charge in [-0.05, 0) is 50.1 Å². The third-order valence-electron chi connectivity index (χ3n) is 7.03. The zero-order valence-electron chi connectivity index (χ0n) is 22.2. The molecule has 2 heterocycles. The number of carbonyl (C=O) groups is 2. The number of aromatic nitrogens is 2. The molecule has 0 spiro atoms. The van der Waals surface area contributed by atoms with Gasteiger partial charge < -0.3 is 15.5 Å². The number of nitrogens with zero attached hydrogens (tertiary/aromatic N) is 3. The van der Waals surface area contributed by atoms with Gasteiger partial charge in [-0.15, -0.1) is 0 Å². The maximum absolute atomic E-state index is 13.9. The summed E-state index contributed by atoms with van der Waals surface area (Å²) in [6.07, 6.45) is 0.736. The number of likely N-dealkylation sites (tertiary alicyclic amines) is 1. The molecule has 0 unspecified atom stereocenters. The molecule has 2 N–H and O–H groups in total. The van der Waals surface area contributed by atoms with E-state index in [1.807, 2.05) is 30.3 Å². The predicted molar refractivity (Wildman–Crippen MR) is 146 cm³/mol. The summed E-state index contributed by atoms with van der Waals surface area (Å²) >= 11 is 5.93. The molecule has 212 valence electrons. The Bertz CT molecular complexity index is 1340. The SMILES string of the molecule is CN[C@@H](C)C(=O)N[C@@H](Cc1ccc(C(F)(F)F)c(Cl)c1)C(=O)N1CCC[C@@H]1c1cncc(Cc2ccccc2)n1. The molecular weight excluding hydrogens is 543 g/mol. The Morgan fingerprint density at radius 1 is 1.12 bits per heavy atom. The highest BCUT2D eigenvalue weighted by Crippen LogP contribution is 2.36. The first kappa shape index (κ1) is 29.5. The number of hydrogen-bond donors (Lipinski definition) is 2. The third-order valence-corrected chi connectivity index (χ3v) is 7.34. The number of likely N-dealkylation sites (N-methyl/N-ethyl adjacent to an activating group) is 1. The zero-order chi connectivity index (χ0) is 28.9. The van der Waals surface area contributed by atoms with Crippen LogP contribution in [0.4, 0.5) is 13.2 Å². The second-order valence-electron chi connectivity index (χ2n) is 9.87. The molecule has 1 saturated heterocycles. The van der Waals surface area contributed by atoms with Crippen LogP contribution in [0.2, 0.25) is 5.02 Å². The van der Waals surface area contributed by atoms with Crippen molar-refractivity contribution in [3.8, 4) is 0 Å². The normalized spacial score (nSPS) is 16.9. The fraction of sp³-hybridized carbons (Fsp3) is 0.379. The molecule has 3 aromatic rings. The molecule has 40 heavy (non-hydrogen) atoms. The van der Waals surface area contributed by atoms with Gasteiger partial charge in [0.15, 0.2) is 0 Å². The fourth-order valence-corrected chi connectivity index (χ4v) is 5.10. The molecule has 2 amide bonds. The second-order valence-corrected chi connectivity index (χ2v) is 10.3. The van der Waals surface area contributed by atoms with Crippen molar-refractivity contribution in [3.63, 3.8) is 0 Å². The fourth-order valence-electron chi connectivity index (χ4n) is 4.79. The number of carbonyl (C=O) groups excluding carboxylic acids is 2. The van der Waals surface area contributed by atoms with Crippen LogP contribution in [-0.2, 0) is 28.6 Å². The average Bonchev–Trinajstić information content (AvgIpc) is 3.42. The summed E-state index contributed by atoms with van der Waals surface area (Å²) in [5.41, 5.74) is 1.96. The van der Waals surface area contributed by atoms with Gasteiger partial charge in [0.25, 0.3) is 0 Å². The van der Waals surface area contributed by atoms with Crippen LogP contribution in [0.5, 0.6) is 0 Å². The van der Waals surface area contributed by atoms with Crippen LogP contribution in [0, 0.1) is 0 Å². The quantitative estimate of drug-likeness (QED) is 0.386. The molecule has 3 atom stereocenters. The highest BCUT2D eigenvalue weighted by molar-refractivity contribution is 6.31. The van der Waals surface area contributed by atoms with Crippen LogP contribution in [0.1, 0.15) is 53.9 Å². The Kier molecular flexibility index (Phi) is 9.42. The summed E-state index contributed by atoms with van der Waals surface area (Å²) in [4.78, 5) is 37.5. The smallest absolute Gasteiger partial charge is 0.343 e. The van der Waals surface area contributed by atoms with Crippen LogP contribution >= 0.6 is 11.6 Å². The van der Waals surface area contributed by atoms with Crippen molar-refractivity contribution in [2.24, 2.45) is 0 Å². The molecule has 1 aromatic heterocycles. The number of nitrogens with one attached hydrogen (secondary N) is 2. The summed E-state index contributed by atoms with van der Waals surface area (Å²) in [5.74, 6) is -0.746. The van der Waals surface area contributed by atoms with Crippen molar-refractivity contribution < 1.29 is 22.8 Å². The Labute approximate surface area is 236 Å². The first-order chi connectivity index (χ1) is 19.1. The highest BCUT2D eigenvalue weighted by Gasteiger charge is 2.37. The lowest BCUT2D eigenvalue weighted by atomic mass is 10.0. The molecule has 7 nitrogen and oxygen atoms in total. The van der Waals surface area contributed by atoms with Gasteiger partial charge >= 0.3 is 6.18 Å². The predicted octanol–water partition coefficient (Wildman–Crippen LogP) is 4.74. The number of hydrogen-bond acceptors (Lipinski definition) is 5.